The lowest BCUT2D eigenvalue weighted by Gasteiger charge is -2.25. The first-order valence-corrected chi connectivity index (χ1v) is 9.97. The van der Waals surface area contributed by atoms with Gasteiger partial charge in [-0.25, -0.2) is 13.4 Å². The Bertz CT molecular complexity index is 799. The molecule has 0 N–H and O–H groups in total. The van der Waals surface area contributed by atoms with E-state index in [1.165, 1.54) is 0 Å². The molecule has 1 aliphatic carbocycles. The van der Waals surface area contributed by atoms with Crippen LogP contribution in [0.1, 0.15) is 59.8 Å². The zero-order valence-corrected chi connectivity index (χ0v) is 15.9. The quantitative estimate of drug-likeness (QED) is 0.747. The summed E-state index contributed by atoms with van der Waals surface area (Å²) in [5, 5.41) is -0.130. The molecule has 0 saturated heterocycles. The third-order valence-corrected chi connectivity index (χ3v) is 6.63. The van der Waals surface area contributed by atoms with Crippen LogP contribution in [-0.2, 0) is 15.3 Å². The Morgan fingerprint density at radius 3 is 2.30 bits per heavy atom. The Morgan fingerprint density at radius 1 is 1.22 bits per heavy atom. The lowest BCUT2D eigenvalue weighted by molar-refractivity contribution is 0.408. The molecule has 128 valence electrons. The van der Waals surface area contributed by atoms with Crippen LogP contribution in [0.2, 0.25) is 5.02 Å². The summed E-state index contributed by atoms with van der Waals surface area (Å²) in [5.74, 6) is 0.518. The van der Waals surface area contributed by atoms with Gasteiger partial charge in [0.05, 0.1) is 10.3 Å². The van der Waals surface area contributed by atoms with Gasteiger partial charge in [0, 0.05) is 5.41 Å². The summed E-state index contributed by atoms with van der Waals surface area (Å²) in [6, 6.07) is 3.29. The molecule has 1 aliphatic rings. The second-order valence-electron chi connectivity index (χ2n) is 6.59. The number of sulfone groups is 1. The summed E-state index contributed by atoms with van der Waals surface area (Å²) in [4.78, 5) is 4.52. The molecule has 1 heterocycles. The van der Waals surface area contributed by atoms with Gasteiger partial charge >= 0.3 is 0 Å². The van der Waals surface area contributed by atoms with Crippen molar-refractivity contribution in [2.24, 2.45) is 0 Å². The van der Waals surface area contributed by atoms with Crippen molar-refractivity contribution >= 4 is 32.5 Å². The molecule has 1 aromatic heterocycles. The Morgan fingerprint density at radius 2 is 1.83 bits per heavy atom. The van der Waals surface area contributed by atoms with Gasteiger partial charge in [-0.2, -0.15) is 0 Å². The summed E-state index contributed by atoms with van der Waals surface area (Å²) in [6.45, 7) is 9.91. The zero-order valence-electron chi connectivity index (χ0n) is 14.3. The highest BCUT2D eigenvalue weighted by atomic mass is 35.5. The van der Waals surface area contributed by atoms with Gasteiger partial charge in [-0.05, 0) is 25.0 Å². The number of fused-ring (bicyclic) bond motifs is 1. The lowest BCUT2D eigenvalue weighted by Crippen LogP contribution is -2.28. The van der Waals surface area contributed by atoms with Crippen LogP contribution in [0.15, 0.2) is 21.4 Å². The zero-order chi connectivity index (χ0) is 17.4. The van der Waals surface area contributed by atoms with E-state index in [0.29, 0.717) is 29.8 Å². The normalized spacial score (nSPS) is 15.9. The molecular formula is C17H24ClNO3S. The van der Waals surface area contributed by atoms with Gasteiger partial charge in [0.25, 0.3) is 0 Å². The van der Waals surface area contributed by atoms with E-state index in [9.17, 15) is 8.42 Å². The Balaban J connectivity index is 0.000000924. The highest BCUT2D eigenvalue weighted by Crippen LogP contribution is 2.39. The fraction of sp³-hybridized carbons (Fsp3) is 0.588. The van der Waals surface area contributed by atoms with Gasteiger partial charge in [0.2, 0.25) is 5.89 Å². The van der Waals surface area contributed by atoms with Gasteiger partial charge in [0.1, 0.15) is 10.4 Å². The van der Waals surface area contributed by atoms with E-state index in [-0.39, 0.29) is 20.6 Å². The van der Waals surface area contributed by atoms with E-state index >= 15 is 0 Å². The van der Waals surface area contributed by atoms with E-state index in [1.807, 2.05) is 34.6 Å². The van der Waals surface area contributed by atoms with Crippen LogP contribution in [0.4, 0.5) is 0 Å². The van der Waals surface area contributed by atoms with Crippen molar-refractivity contribution in [1.82, 2.24) is 4.98 Å². The molecule has 6 heteroatoms. The van der Waals surface area contributed by atoms with Gasteiger partial charge in [-0.1, -0.05) is 52.6 Å². The minimum Gasteiger partial charge on any atom is -0.439 e. The average molecular weight is 358 g/mol. The molecule has 0 bridgehead atoms. The summed E-state index contributed by atoms with van der Waals surface area (Å²) < 4.78 is 31.2. The summed E-state index contributed by atoms with van der Waals surface area (Å²) in [7, 11) is -3.46. The number of hydrogen-bond donors (Lipinski definition) is 0. The molecule has 0 amide bonds. The first-order chi connectivity index (χ1) is 10.7. The van der Waals surface area contributed by atoms with Crippen LogP contribution in [-0.4, -0.2) is 18.7 Å². The predicted molar refractivity (Wildman–Crippen MR) is 93.9 cm³/mol. The molecule has 1 aromatic carbocycles. The van der Waals surface area contributed by atoms with Crippen molar-refractivity contribution in [3.8, 4) is 0 Å². The van der Waals surface area contributed by atoms with E-state index in [4.69, 9.17) is 16.0 Å². The van der Waals surface area contributed by atoms with Crippen LogP contribution in [0, 0.1) is 0 Å². The number of halogens is 1. The number of benzene rings is 1. The molecule has 3 rings (SSSR count). The lowest BCUT2D eigenvalue weighted by atomic mass is 9.97. The minimum atomic E-state index is -3.46. The van der Waals surface area contributed by atoms with E-state index in [1.54, 1.807) is 12.1 Å². The van der Waals surface area contributed by atoms with Gasteiger partial charge < -0.3 is 4.42 Å². The summed E-state index contributed by atoms with van der Waals surface area (Å²) >= 11 is 6.17. The molecule has 23 heavy (non-hydrogen) atoms. The predicted octanol–water partition coefficient (Wildman–Crippen LogP) is 5.13. The highest BCUT2D eigenvalue weighted by Gasteiger charge is 2.37. The van der Waals surface area contributed by atoms with Crippen LogP contribution >= 0.6 is 11.6 Å². The van der Waals surface area contributed by atoms with E-state index in [0.717, 1.165) is 6.42 Å². The van der Waals surface area contributed by atoms with Crippen LogP contribution in [0.3, 0.4) is 0 Å². The molecule has 0 radical (unpaired) electrons. The Kier molecular flexibility index (Phi) is 5.12. The molecular weight excluding hydrogens is 334 g/mol. The number of nitrogens with zero attached hydrogens (tertiary/aromatic N) is 1. The Hall–Kier alpha value is -1.07. The van der Waals surface area contributed by atoms with Crippen molar-refractivity contribution in [2.45, 2.75) is 69.4 Å². The molecule has 4 nitrogen and oxygen atoms in total. The molecule has 0 spiro atoms. The first kappa shape index (κ1) is 18.3. The van der Waals surface area contributed by atoms with Crippen molar-refractivity contribution in [1.29, 1.82) is 0 Å². The number of hydrogen-bond acceptors (Lipinski definition) is 4. The second-order valence-corrected chi connectivity index (χ2v) is 9.16. The Labute approximate surface area is 143 Å². The number of rotatable bonds is 2. The molecule has 0 aliphatic heterocycles. The molecule has 2 aromatic rings. The van der Waals surface area contributed by atoms with Gasteiger partial charge in [-0.3, -0.25) is 0 Å². The maximum absolute atomic E-state index is 12.7. The fourth-order valence-electron chi connectivity index (χ4n) is 2.38. The molecule has 1 saturated carbocycles. The van der Waals surface area contributed by atoms with Crippen molar-refractivity contribution in [3.05, 3.63) is 23.0 Å². The number of aromatic nitrogens is 1. The maximum Gasteiger partial charge on any atom is 0.200 e. The van der Waals surface area contributed by atoms with Crippen molar-refractivity contribution in [2.75, 3.05) is 0 Å². The SMILES string of the molecule is CC.CC(C)(C)c1nc2ccc(Cl)c(S(=O)(=O)C3CCC3)c2o1. The maximum atomic E-state index is 12.7. The second kappa shape index (κ2) is 6.44. The summed E-state index contributed by atoms with van der Waals surface area (Å²) in [5.41, 5.74) is 0.546. The van der Waals surface area contributed by atoms with Crippen LogP contribution in [0.25, 0.3) is 11.1 Å². The van der Waals surface area contributed by atoms with Crippen molar-refractivity contribution < 1.29 is 12.8 Å². The standard InChI is InChI=1S/C15H18ClNO3S.C2H6/c1-15(2,3)14-17-11-8-7-10(16)13(12(11)20-14)21(18,19)9-5-4-6-9;1-2/h7-9H,4-6H2,1-3H3;1-2H3. The van der Waals surface area contributed by atoms with E-state index < -0.39 is 9.84 Å². The first-order valence-electron chi connectivity index (χ1n) is 8.04. The number of oxazole rings is 1. The fourth-order valence-corrected chi connectivity index (χ4v) is 4.88. The molecule has 1 fully saturated rings. The average Bonchev–Trinajstić information content (AvgIpc) is 2.81. The molecule has 0 atom stereocenters. The monoisotopic (exact) mass is 357 g/mol. The third kappa shape index (κ3) is 3.26. The highest BCUT2D eigenvalue weighted by molar-refractivity contribution is 7.92. The van der Waals surface area contributed by atoms with Crippen LogP contribution in [0.5, 0.6) is 0 Å². The third-order valence-electron chi connectivity index (χ3n) is 3.88. The largest absolute Gasteiger partial charge is 0.439 e. The van der Waals surface area contributed by atoms with E-state index in [2.05, 4.69) is 4.98 Å². The van der Waals surface area contributed by atoms with Crippen molar-refractivity contribution in [3.63, 3.8) is 0 Å². The van der Waals surface area contributed by atoms with Gasteiger partial charge in [-0.15, -0.1) is 0 Å². The molecule has 0 unspecified atom stereocenters. The summed E-state index contributed by atoms with van der Waals surface area (Å²) in [6.07, 6.45) is 2.33. The van der Waals surface area contributed by atoms with Gasteiger partial charge in [0.15, 0.2) is 15.4 Å². The van der Waals surface area contributed by atoms with Crippen LogP contribution < -0.4 is 0 Å². The smallest absolute Gasteiger partial charge is 0.200 e. The minimum absolute atomic E-state index is 0.106. The topological polar surface area (TPSA) is 60.2 Å².